The van der Waals surface area contributed by atoms with Crippen molar-refractivity contribution in [2.24, 2.45) is 0 Å². The molecular weight excluding hydrogens is 224 g/mol. The second kappa shape index (κ2) is 6.22. The number of hydrogen-bond donors (Lipinski definition) is 1. The summed E-state index contributed by atoms with van der Waals surface area (Å²) < 4.78 is 5.73. The van der Waals surface area contributed by atoms with Gasteiger partial charge in [-0.15, -0.1) is 0 Å². The number of aliphatic hydroxyl groups is 1. The molecule has 1 N–H and O–H groups in total. The summed E-state index contributed by atoms with van der Waals surface area (Å²) in [5.41, 5.74) is 3.29. The van der Waals surface area contributed by atoms with Crippen molar-refractivity contribution in [3.05, 3.63) is 65.2 Å². The Labute approximate surface area is 108 Å². The van der Waals surface area contributed by atoms with Gasteiger partial charge in [0.2, 0.25) is 0 Å². The monoisotopic (exact) mass is 242 g/mol. The lowest BCUT2D eigenvalue weighted by atomic mass is 10.1. The summed E-state index contributed by atoms with van der Waals surface area (Å²) >= 11 is 0. The highest BCUT2D eigenvalue weighted by Crippen LogP contribution is 2.19. The average molecular weight is 242 g/mol. The van der Waals surface area contributed by atoms with Crippen LogP contribution in [0.25, 0.3) is 0 Å². The first kappa shape index (κ1) is 12.7. The normalized spacial score (nSPS) is 10.3. The molecule has 0 saturated heterocycles. The predicted molar refractivity (Wildman–Crippen MR) is 72.5 cm³/mol. The molecule has 0 bridgehead atoms. The van der Waals surface area contributed by atoms with E-state index in [0.29, 0.717) is 6.61 Å². The number of aryl methyl sites for hydroxylation is 1. The summed E-state index contributed by atoms with van der Waals surface area (Å²) in [5.74, 6) is 0.750. The van der Waals surface area contributed by atoms with Crippen LogP contribution in [-0.4, -0.2) is 5.11 Å². The minimum Gasteiger partial charge on any atom is -0.489 e. The number of aliphatic hydroxyl groups excluding tert-OH is 1. The molecule has 2 aromatic carbocycles. The van der Waals surface area contributed by atoms with E-state index in [4.69, 9.17) is 4.74 Å². The molecule has 0 unspecified atom stereocenters. The van der Waals surface area contributed by atoms with Crippen molar-refractivity contribution in [2.45, 2.75) is 26.6 Å². The van der Waals surface area contributed by atoms with Crippen molar-refractivity contribution >= 4 is 0 Å². The Hall–Kier alpha value is -1.80. The number of hydrogen-bond acceptors (Lipinski definition) is 2. The number of rotatable bonds is 5. The standard InChI is InChI=1S/C16H18O2/c1-2-13-7-9-14(10-8-13)12-18-16-6-4-3-5-15(16)11-17/h3-10,17H,2,11-12H2,1H3. The van der Waals surface area contributed by atoms with E-state index in [-0.39, 0.29) is 6.61 Å². The van der Waals surface area contributed by atoms with Gasteiger partial charge >= 0.3 is 0 Å². The van der Waals surface area contributed by atoms with Gasteiger partial charge in [0.1, 0.15) is 12.4 Å². The third-order valence-electron chi connectivity index (χ3n) is 2.97. The molecule has 0 aliphatic carbocycles. The summed E-state index contributed by atoms with van der Waals surface area (Å²) in [6.45, 7) is 2.68. The topological polar surface area (TPSA) is 29.5 Å². The Bertz CT molecular complexity index is 489. The molecule has 0 aliphatic heterocycles. The van der Waals surface area contributed by atoms with Crippen LogP contribution in [0.5, 0.6) is 5.75 Å². The summed E-state index contributed by atoms with van der Waals surface area (Å²) in [4.78, 5) is 0. The SMILES string of the molecule is CCc1ccc(COc2ccccc2CO)cc1. The maximum atomic E-state index is 9.20. The maximum Gasteiger partial charge on any atom is 0.125 e. The number of benzene rings is 2. The third kappa shape index (κ3) is 3.11. The molecule has 0 atom stereocenters. The molecule has 2 nitrogen and oxygen atoms in total. The zero-order valence-corrected chi connectivity index (χ0v) is 10.6. The third-order valence-corrected chi connectivity index (χ3v) is 2.97. The van der Waals surface area contributed by atoms with E-state index < -0.39 is 0 Å². The quantitative estimate of drug-likeness (QED) is 0.871. The zero-order valence-electron chi connectivity index (χ0n) is 10.6. The Kier molecular flexibility index (Phi) is 4.37. The van der Waals surface area contributed by atoms with Crippen molar-refractivity contribution in [1.29, 1.82) is 0 Å². The predicted octanol–water partition coefficient (Wildman–Crippen LogP) is 3.32. The molecule has 0 spiro atoms. The molecule has 2 heteroatoms. The number of ether oxygens (including phenoxy) is 1. The Morgan fingerprint density at radius 3 is 2.28 bits per heavy atom. The molecule has 0 amide bonds. The van der Waals surface area contributed by atoms with Crippen LogP contribution < -0.4 is 4.74 Å². The Balaban J connectivity index is 2.02. The van der Waals surface area contributed by atoms with Crippen LogP contribution in [0.1, 0.15) is 23.6 Å². The van der Waals surface area contributed by atoms with Gasteiger partial charge in [0.15, 0.2) is 0 Å². The smallest absolute Gasteiger partial charge is 0.125 e. The van der Waals surface area contributed by atoms with E-state index in [1.54, 1.807) is 0 Å². The molecular formula is C16H18O2. The van der Waals surface area contributed by atoms with Gasteiger partial charge in [0, 0.05) is 5.56 Å². The first-order valence-corrected chi connectivity index (χ1v) is 6.23. The minimum atomic E-state index is 0.00491. The highest BCUT2D eigenvalue weighted by atomic mass is 16.5. The van der Waals surface area contributed by atoms with Gasteiger partial charge in [-0.1, -0.05) is 49.4 Å². The molecule has 0 fully saturated rings. The fourth-order valence-electron chi connectivity index (χ4n) is 1.81. The van der Waals surface area contributed by atoms with Crippen LogP contribution in [0.4, 0.5) is 0 Å². The average Bonchev–Trinajstić information content (AvgIpc) is 2.46. The lowest BCUT2D eigenvalue weighted by molar-refractivity contribution is 0.259. The first-order chi connectivity index (χ1) is 8.83. The molecule has 0 radical (unpaired) electrons. The largest absolute Gasteiger partial charge is 0.489 e. The van der Waals surface area contributed by atoms with Crippen LogP contribution in [0.3, 0.4) is 0 Å². The van der Waals surface area contributed by atoms with E-state index in [1.807, 2.05) is 24.3 Å². The van der Waals surface area contributed by atoms with E-state index in [0.717, 1.165) is 23.3 Å². The van der Waals surface area contributed by atoms with Crippen molar-refractivity contribution in [3.8, 4) is 5.75 Å². The van der Waals surface area contributed by atoms with Gasteiger partial charge in [-0.2, -0.15) is 0 Å². The van der Waals surface area contributed by atoms with Crippen LogP contribution in [0.15, 0.2) is 48.5 Å². The van der Waals surface area contributed by atoms with Crippen molar-refractivity contribution < 1.29 is 9.84 Å². The summed E-state index contributed by atoms with van der Waals surface area (Å²) in [6, 6.07) is 16.0. The lowest BCUT2D eigenvalue weighted by Crippen LogP contribution is -1.98. The zero-order chi connectivity index (χ0) is 12.8. The fourth-order valence-corrected chi connectivity index (χ4v) is 1.81. The van der Waals surface area contributed by atoms with E-state index in [1.165, 1.54) is 5.56 Å². The van der Waals surface area contributed by atoms with Gasteiger partial charge in [-0.25, -0.2) is 0 Å². The van der Waals surface area contributed by atoms with Gasteiger partial charge in [-0.3, -0.25) is 0 Å². The Morgan fingerprint density at radius 1 is 0.944 bits per heavy atom. The van der Waals surface area contributed by atoms with E-state index in [9.17, 15) is 5.11 Å². The van der Waals surface area contributed by atoms with Gasteiger partial charge in [0.25, 0.3) is 0 Å². The van der Waals surface area contributed by atoms with E-state index >= 15 is 0 Å². The van der Waals surface area contributed by atoms with Gasteiger partial charge in [0.05, 0.1) is 6.61 Å². The highest BCUT2D eigenvalue weighted by molar-refractivity contribution is 5.33. The maximum absolute atomic E-state index is 9.20. The molecule has 2 aromatic rings. The second-order valence-corrected chi connectivity index (χ2v) is 4.22. The summed E-state index contributed by atoms with van der Waals surface area (Å²) in [5, 5.41) is 9.20. The van der Waals surface area contributed by atoms with E-state index in [2.05, 4.69) is 31.2 Å². The van der Waals surface area contributed by atoms with Crippen LogP contribution >= 0.6 is 0 Å². The summed E-state index contributed by atoms with van der Waals surface area (Å²) in [6.07, 6.45) is 1.05. The highest BCUT2D eigenvalue weighted by Gasteiger charge is 2.01. The molecule has 0 heterocycles. The lowest BCUT2D eigenvalue weighted by Gasteiger charge is -2.10. The van der Waals surface area contributed by atoms with Gasteiger partial charge in [-0.05, 0) is 23.6 Å². The van der Waals surface area contributed by atoms with Crippen molar-refractivity contribution in [3.63, 3.8) is 0 Å². The molecule has 0 aliphatic rings. The molecule has 0 saturated carbocycles. The van der Waals surface area contributed by atoms with Gasteiger partial charge < -0.3 is 9.84 Å². The molecule has 18 heavy (non-hydrogen) atoms. The summed E-state index contributed by atoms with van der Waals surface area (Å²) in [7, 11) is 0. The Morgan fingerprint density at radius 2 is 1.61 bits per heavy atom. The minimum absolute atomic E-state index is 0.00491. The molecule has 2 rings (SSSR count). The fraction of sp³-hybridized carbons (Fsp3) is 0.250. The molecule has 94 valence electrons. The first-order valence-electron chi connectivity index (χ1n) is 6.23. The number of para-hydroxylation sites is 1. The molecule has 0 aromatic heterocycles. The van der Waals surface area contributed by atoms with Crippen LogP contribution in [0.2, 0.25) is 0 Å². The van der Waals surface area contributed by atoms with Crippen molar-refractivity contribution in [1.82, 2.24) is 0 Å². The van der Waals surface area contributed by atoms with Crippen LogP contribution in [-0.2, 0) is 19.6 Å². The van der Waals surface area contributed by atoms with Crippen LogP contribution in [0, 0.1) is 0 Å². The van der Waals surface area contributed by atoms with Crippen molar-refractivity contribution in [2.75, 3.05) is 0 Å². The second-order valence-electron chi connectivity index (χ2n) is 4.22.